The van der Waals surface area contributed by atoms with Crippen molar-refractivity contribution in [2.75, 3.05) is 0 Å². The number of hydrogen-bond acceptors (Lipinski definition) is 4. The van der Waals surface area contributed by atoms with Crippen LogP contribution in [0.5, 0.6) is 0 Å². The molecule has 0 N–H and O–H groups in total. The van der Waals surface area contributed by atoms with E-state index >= 15 is 4.39 Å². The number of thiophene rings is 1. The number of hydrogen-bond donors (Lipinski definition) is 0. The third-order valence-electron chi connectivity index (χ3n) is 6.62. The second kappa shape index (κ2) is 9.29. The third kappa shape index (κ3) is 3.94. The summed E-state index contributed by atoms with van der Waals surface area (Å²) in [6, 6.07) is 39.3. The monoisotopic (exact) mass is 509 g/mol. The Labute approximate surface area is 222 Å². The molecule has 7 rings (SSSR count). The van der Waals surface area contributed by atoms with Gasteiger partial charge >= 0.3 is 0 Å². The first-order valence-electron chi connectivity index (χ1n) is 12.3. The van der Waals surface area contributed by atoms with Gasteiger partial charge in [-0.1, -0.05) is 97.1 Å². The quantitative estimate of drug-likeness (QED) is 0.238. The fraction of sp³-hybridized carbons (Fsp3) is 0. The largest absolute Gasteiger partial charge is 0.208 e. The van der Waals surface area contributed by atoms with Gasteiger partial charge in [0.1, 0.15) is 5.82 Å². The average molecular weight is 510 g/mol. The zero-order chi connectivity index (χ0) is 25.5. The molecule has 0 saturated heterocycles. The molecule has 2 heterocycles. The van der Waals surface area contributed by atoms with Crippen molar-refractivity contribution in [3.8, 4) is 45.3 Å². The van der Waals surface area contributed by atoms with Crippen molar-refractivity contribution < 1.29 is 4.39 Å². The molecule has 38 heavy (non-hydrogen) atoms. The van der Waals surface area contributed by atoms with Gasteiger partial charge in [-0.2, -0.15) is 0 Å². The summed E-state index contributed by atoms with van der Waals surface area (Å²) in [5.74, 6) is 0.940. The van der Waals surface area contributed by atoms with Gasteiger partial charge in [-0.05, 0) is 35.4 Å². The molecule has 0 spiro atoms. The molecule has 0 unspecified atom stereocenters. The topological polar surface area (TPSA) is 38.7 Å². The zero-order valence-corrected chi connectivity index (χ0v) is 21.0. The van der Waals surface area contributed by atoms with E-state index < -0.39 is 0 Å². The molecule has 180 valence electrons. The molecular formula is C33H20FN3S. The van der Waals surface area contributed by atoms with Gasteiger partial charge in [0.2, 0.25) is 0 Å². The van der Waals surface area contributed by atoms with Crippen LogP contribution in [0.1, 0.15) is 0 Å². The molecule has 2 aromatic heterocycles. The summed E-state index contributed by atoms with van der Waals surface area (Å²) >= 11 is 1.77. The van der Waals surface area contributed by atoms with Crippen molar-refractivity contribution in [2.45, 2.75) is 0 Å². The zero-order valence-electron chi connectivity index (χ0n) is 20.2. The third-order valence-corrected chi connectivity index (χ3v) is 7.76. The fourth-order valence-corrected chi connectivity index (χ4v) is 5.94. The number of fused-ring (bicyclic) bond motifs is 3. The summed E-state index contributed by atoms with van der Waals surface area (Å²) in [5.41, 5.74) is 4.01. The van der Waals surface area contributed by atoms with E-state index in [-0.39, 0.29) is 5.82 Å². The molecule has 0 radical (unpaired) electrons. The smallest absolute Gasteiger partial charge is 0.167 e. The second-order valence-electron chi connectivity index (χ2n) is 9.01. The Bertz CT molecular complexity index is 1870. The Hall–Kier alpha value is -4.74. The molecule has 0 aliphatic rings. The molecule has 0 amide bonds. The second-order valence-corrected chi connectivity index (χ2v) is 10.1. The molecule has 0 aliphatic carbocycles. The predicted octanol–water partition coefficient (Wildman–Crippen LogP) is 9.05. The van der Waals surface area contributed by atoms with Crippen molar-refractivity contribution in [1.82, 2.24) is 15.0 Å². The summed E-state index contributed by atoms with van der Waals surface area (Å²) in [7, 11) is 0. The summed E-state index contributed by atoms with van der Waals surface area (Å²) < 4.78 is 17.9. The van der Waals surface area contributed by atoms with Crippen molar-refractivity contribution in [3.63, 3.8) is 0 Å². The molecule has 7 aromatic rings. The van der Waals surface area contributed by atoms with Gasteiger partial charge < -0.3 is 0 Å². The minimum atomic E-state index is -0.375. The Morgan fingerprint density at radius 2 is 1.08 bits per heavy atom. The summed E-state index contributed by atoms with van der Waals surface area (Å²) in [6.07, 6.45) is 0. The highest BCUT2D eigenvalue weighted by Gasteiger charge is 2.17. The van der Waals surface area contributed by atoms with Gasteiger partial charge in [0.05, 0.1) is 5.56 Å². The van der Waals surface area contributed by atoms with Crippen LogP contribution in [0.2, 0.25) is 0 Å². The first-order valence-corrected chi connectivity index (χ1v) is 13.1. The van der Waals surface area contributed by atoms with Crippen LogP contribution in [-0.2, 0) is 0 Å². The van der Waals surface area contributed by atoms with Gasteiger partial charge in [-0.15, -0.1) is 11.3 Å². The average Bonchev–Trinajstić information content (AvgIpc) is 3.37. The van der Waals surface area contributed by atoms with Crippen molar-refractivity contribution in [1.29, 1.82) is 0 Å². The van der Waals surface area contributed by atoms with Crippen LogP contribution in [0, 0.1) is 5.82 Å². The van der Waals surface area contributed by atoms with Crippen LogP contribution in [0.25, 0.3) is 65.5 Å². The minimum Gasteiger partial charge on any atom is -0.208 e. The number of aromatic nitrogens is 3. The first kappa shape index (κ1) is 22.5. The van der Waals surface area contributed by atoms with Crippen LogP contribution in [-0.4, -0.2) is 15.0 Å². The number of benzene rings is 5. The highest BCUT2D eigenvalue weighted by atomic mass is 32.1. The summed E-state index contributed by atoms with van der Waals surface area (Å²) in [5, 5.41) is 2.38. The minimum absolute atomic E-state index is 0.305. The lowest BCUT2D eigenvalue weighted by molar-refractivity contribution is 0.630. The molecule has 0 aliphatic heterocycles. The Kier molecular flexibility index (Phi) is 5.49. The summed E-state index contributed by atoms with van der Waals surface area (Å²) in [6.45, 7) is 0. The molecule has 0 saturated carbocycles. The molecular weight excluding hydrogens is 489 g/mol. The van der Waals surface area contributed by atoms with E-state index in [0.29, 0.717) is 23.0 Å². The van der Waals surface area contributed by atoms with Crippen LogP contribution in [0.3, 0.4) is 0 Å². The first-order chi connectivity index (χ1) is 18.7. The lowest BCUT2D eigenvalue weighted by atomic mass is 9.97. The lowest BCUT2D eigenvalue weighted by Crippen LogP contribution is -2.01. The molecule has 5 aromatic carbocycles. The maximum atomic E-state index is 15.4. The van der Waals surface area contributed by atoms with E-state index in [9.17, 15) is 0 Å². The Morgan fingerprint density at radius 1 is 0.474 bits per heavy atom. The predicted molar refractivity (Wildman–Crippen MR) is 154 cm³/mol. The van der Waals surface area contributed by atoms with Gasteiger partial charge in [-0.3, -0.25) is 0 Å². The number of rotatable bonds is 4. The van der Waals surface area contributed by atoms with E-state index in [1.807, 2.05) is 72.8 Å². The highest BCUT2D eigenvalue weighted by molar-refractivity contribution is 7.25. The van der Waals surface area contributed by atoms with Gasteiger partial charge in [0.25, 0.3) is 0 Å². The lowest BCUT2D eigenvalue weighted by Gasteiger charge is -2.11. The number of nitrogens with zero attached hydrogens (tertiary/aromatic N) is 3. The molecule has 0 bridgehead atoms. The standard InChI is InChI=1S/C33H20FN3S/c34-27-19-18-23(24-15-9-17-29-30(24)25-14-7-8-16-28(25)38-29)20-26(27)33-36-31(21-10-3-1-4-11-21)35-32(37-33)22-12-5-2-6-13-22/h1-20H. The summed E-state index contributed by atoms with van der Waals surface area (Å²) in [4.78, 5) is 14.2. The van der Waals surface area contributed by atoms with Crippen molar-refractivity contribution >= 4 is 31.5 Å². The van der Waals surface area contributed by atoms with E-state index in [1.165, 1.54) is 26.2 Å². The van der Waals surface area contributed by atoms with Crippen molar-refractivity contribution in [3.05, 3.63) is 127 Å². The van der Waals surface area contributed by atoms with E-state index in [1.54, 1.807) is 11.3 Å². The Morgan fingerprint density at radius 3 is 1.79 bits per heavy atom. The van der Waals surface area contributed by atoms with Crippen molar-refractivity contribution in [2.24, 2.45) is 0 Å². The Balaban J connectivity index is 1.44. The highest BCUT2D eigenvalue weighted by Crippen LogP contribution is 2.40. The SMILES string of the molecule is Fc1ccc(-c2cccc3sc4ccccc4c23)cc1-c1nc(-c2ccccc2)nc(-c2ccccc2)n1. The van der Waals surface area contributed by atoms with Crippen LogP contribution in [0.15, 0.2) is 121 Å². The maximum Gasteiger partial charge on any atom is 0.167 e. The normalized spacial score (nSPS) is 11.3. The van der Waals surface area contributed by atoms with Gasteiger partial charge in [0, 0.05) is 31.3 Å². The fourth-order valence-electron chi connectivity index (χ4n) is 4.81. The van der Waals surface area contributed by atoms with Crippen LogP contribution >= 0.6 is 11.3 Å². The maximum absolute atomic E-state index is 15.4. The van der Waals surface area contributed by atoms with Gasteiger partial charge in [-0.25, -0.2) is 19.3 Å². The van der Waals surface area contributed by atoms with Gasteiger partial charge in [0.15, 0.2) is 17.5 Å². The molecule has 3 nitrogen and oxygen atoms in total. The van der Waals surface area contributed by atoms with Crippen LogP contribution in [0.4, 0.5) is 4.39 Å². The van der Waals surface area contributed by atoms with E-state index in [0.717, 1.165) is 22.3 Å². The van der Waals surface area contributed by atoms with E-state index in [2.05, 4.69) is 42.5 Å². The molecule has 5 heteroatoms. The van der Waals surface area contributed by atoms with E-state index in [4.69, 9.17) is 15.0 Å². The number of halogens is 1. The molecule has 0 fully saturated rings. The van der Waals surface area contributed by atoms with Crippen LogP contribution < -0.4 is 0 Å². The molecule has 0 atom stereocenters.